The number of benzene rings is 1. The van der Waals surface area contributed by atoms with E-state index in [0.717, 1.165) is 53.1 Å². The number of aromatic nitrogens is 3. The van der Waals surface area contributed by atoms with E-state index < -0.39 is 0 Å². The highest BCUT2D eigenvalue weighted by Crippen LogP contribution is 2.35. The standard InChI is InChI=1S/C26H37N7OS/c1-18-9-8-10-19(17-18)21-22(29-26(2,3)4)33-24(28-21)35-25(30-33)32-15-13-31(14-16-32)23(34)27-20-11-6-5-7-12-20/h8-10,17,20,29H,5-7,11-16H2,1-4H3,(H,27,34). The molecule has 9 heteroatoms. The van der Waals surface area contributed by atoms with E-state index in [9.17, 15) is 4.79 Å². The number of aryl methyl sites for hydroxylation is 1. The number of imidazole rings is 1. The van der Waals surface area contributed by atoms with Gasteiger partial charge in [-0.25, -0.2) is 9.78 Å². The molecule has 3 heterocycles. The van der Waals surface area contributed by atoms with Crippen molar-refractivity contribution in [2.75, 3.05) is 36.4 Å². The van der Waals surface area contributed by atoms with Crippen molar-refractivity contribution in [2.24, 2.45) is 0 Å². The van der Waals surface area contributed by atoms with Crippen molar-refractivity contribution in [3.05, 3.63) is 29.8 Å². The number of piperazine rings is 1. The third kappa shape index (κ3) is 5.39. The molecular formula is C26H37N7OS. The topological polar surface area (TPSA) is 77.8 Å². The second-order valence-corrected chi connectivity index (χ2v) is 11.8. The fourth-order valence-electron chi connectivity index (χ4n) is 4.94. The van der Waals surface area contributed by atoms with Gasteiger partial charge in [-0.1, -0.05) is 54.4 Å². The quantitative estimate of drug-likeness (QED) is 0.524. The summed E-state index contributed by atoms with van der Waals surface area (Å²) < 4.78 is 1.95. The van der Waals surface area contributed by atoms with E-state index in [1.807, 2.05) is 9.42 Å². The van der Waals surface area contributed by atoms with Crippen molar-refractivity contribution >= 4 is 33.3 Å². The predicted octanol–water partition coefficient (Wildman–Crippen LogP) is 5.14. The Morgan fingerprint density at radius 3 is 2.51 bits per heavy atom. The summed E-state index contributed by atoms with van der Waals surface area (Å²) in [7, 11) is 0. The van der Waals surface area contributed by atoms with E-state index in [-0.39, 0.29) is 11.6 Å². The molecule has 2 aromatic heterocycles. The SMILES string of the molecule is Cc1cccc(-c2nc3sc(N4CCN(C(=O)NC5CCCCC5)CC4)nn3c2NC(C)(C)C)c1. The minimum absolute atomic E-state index is 0.0879. The third-order valence-electron chi connectivity index (χ3n) is 6.75. The van der Waals surface area contributed by atoms with E-state index >= 15 is 0 Å². The van der Waals surface area contributed by atoms with E-state index in [0.29, 0.717) is 19.1 Å². The summed E-state index contributed by atoms with van der Waals surface area (Å²) in [6, 6.07) is 8.87. The number of fused-ring (bicyclic) bond motifs is 1. The van der Waals surface area contributed by atoms with Crippen LogP contribution in [0.2, 0.25) is 0 Å². The first-order valence-electron chi connectivity index (χ1n) is 12.8. The Balaban J connectivity index is 1.32. The summed E-state index contributed by atoms with van der Waals surface area (Å²) in [5, 5.41) is 12.8. The molecule has 0 radical (unpaired) electrons. The molecule has 2 fully saturated rings. The van der Waals surface area contributed by atoms with Gasteiger partial charge in [0.05, 0.1) is 0 Å². The molecule has 1 aromatic carbocycles. The number of carbonyl (C=O) groups excluding carboxylic acids is 1. The number of hydrogen-bond donors (Lipinski definition) is 2. The van der Waals surface area contributed by atoms with Gasteiger partial charge in [0.2, 0.25) is 10.1 Å². The zero-order chi connectivity index (χ0) is 24.6. The van der Waals surface area contributed by atoms with Crippen molar-refractivity contribution in [3.8, 4) is 11.3 Å². The lowest BCUT2D eigenvalue weighted by Gasteiger charge is -2.35. The normalized spacial score (nSPS) is 17.7. The molecule has 35 heavy (non-hydrogen) atoms. The van der Waals surface area contributed by atoms with Crippen LogP contribution in [0.3, 0.4) is 0 Å². The predicted molar refractivity (Wildman–Crippen MR) is 144 cm³/mol. The van der Waals surface area contributed by atoms with E-state index in [1.54, 1.807) is 11.3 Å². The van der Waals surface area contributed by atoms with Gasteiger partial charge in [0, 0.05) is 43.3 Å². The highest BCUT2D eigenvalue weighted by atomic mass is 32.1. The molecular weight excluding hydrogens is 458 g/mol. The van der Waals surface area contributed by atoms with Gasteiger partial charge in [-0.15, -0.1) is 5.10 Å². The van der Waals surface area contributed by atoms with Crippen LogP contribution in [-0.4, -0.2) is 63.3 Å². The molecule has 0 spiro atoms. The fourth-order valence-corrected chi connectivity index (χ4v) is 5.89. The van der Waals surface area contributed by atoms with Gasteiger partial charge in [0.25, 0.3) is 0 Å². The molecule has 2 N–H and O–H groups in total. The monoisotopic (exact) mass is 495 g/mol. The van der Waals surface area contributed by atoms with Crippen LogP contribution in [0.15, 0.2) is 24.3 Å². The average Bonchev–Trinajstić information content (AvgIpc) is 3.38. The summed E-state index contributed by atoms with van der Waals surface area (Å²) in [5.41, 5.74) is 3.10. The molecule has 1 aliphatic carbocycles. The number of nitrogens with one attached hydrogen (secondary N) is 2. The highest BCUT2D eigenvalue weighted by Gasteiger charge is 2.27. The molecule has 188 valence electrons. The van der Waals surface area contributed by atoms with Crippen molar-refractivity contribution in [2.45, 2.75) is 71.4 Å². The minimum atomic E-state index is -0.129. The lowest BCUT2D eigenvalue weighted by Crippen LogP contribution is -2.53. The van der Waals surface area contributed by atoms with Gasteiger partial charge in [-0.3, -0.25) is 0 Å². The van der Waals surface area contributed by atoms with Crippen LogP contribution >= 0.6 is 11.3 Å². The Kier molecular flexibility index (Phi) is 6.61. The van der Waals surface area contributed by atoms with Crippen LogP contribution in [0.4, 0.5) is 15.7 Å². The molecule has 2 amide bonds. The molecule has 0 unspecified atom stereocenters. The molecule has 0 bridgehead atoms. The lowest BCUT2D eigenvalue weighted by atomic mass is 9.96. The van der Waals surface area contributed by atoms with E-state index in [4.69, 9.17) is 10.1 Å². The van der Waals surface area contributed by atoms with Crippen LogP contribution < -0.4 is 15.5 Å². The highest BCUT2D eigenvalue weighted by molar-refractivity contribution is 7.20. The van der Waals surface area contributed by atoms with Crippen LogP contribution in [0.25, 0.3) is 16.2 Å². The number of amides is 2. The molecule has 1 saturated carbocycles. The van der Waals surface area contributed by atoms with Gasteiger partial charge < -0.3 is 20.4 Å². The van der Waals surface area contributed by atoms with Gasteiger partial charge in [0.15, 0.2) is 5.82 Å². The van der Waals surface area contributed by atoms with Crippen molar-refractivity contribution in [3.63, 3.8) is 0 Å². The van der Waals surface area contributed by atoms with Crippen molar-refractivity contribution in [1.29, 1.82) is 0 Å². The molecule has 1 saturated heterocycles. The third-order valence-corrected chi connectivity index (χ3v) is 7.72. The zero-order valence-electron chi connectivity index (χ0n) is 21.3. The average molecular weight is 496 g/mol. The second kappa shape index (κ2) is 9.68. The lowest BCUT2D eigenvalue weighted by molar-refractivity contribution is 0.186. The van der Waals surface area contributed by atoms with Gasteiger partial charge in [-0.05, 0) is 46.6 Å². The first-order valence-corrected chi connectivity index (χ1v) is 13.6. The van der Waals surface area contributed by atoms with Crippen LogP contribution in [0, 0.1) is 6.92 Å². The molecule has 0 atom stereocenters. The largest absolute Gasteiger partial charge is 0.364 e. The smallest absolute Gasteiger partial charge is 0.317 e. The van der Waals surface area contributed by atoms with Crippen LogP contribution in [0.5, 0.6) is 0 Å². The molecule has 2 aliphatic rings. The van der Waals surface area contributed by atoms with Gasteiger partial charge in [-0.2, -0.15) is 4.52 Å². The van der Waals surface area contributed by atoms with Crippen LogP contribution in [0.1, 0.15) is 58.4 Å². The first-order chi connectivity index (χ1) is 16.8. The summed E-state index contributed by atoms with van der Waals surface area (Å²) in [5.74, 6) is 0.922. The molecule has 1 aliphatic heterocycles. The Morgan fingerprint density at radius 1 is 1.09 bits per heavy atom. The number of carbonyl (C=O) groups is 1. The van der Waals surface area contributed by atoms with Crippen LogP contribution in [-0.2, 0) is 0 Å². The molecule has 5 rings (SSSR count). The van der Waals surface area contributed by atoms with E-state index in [1.165, 1.54) is 24.8 Å². The maximum absolute atomic E-state index is 12.7. The Hall–Kier alpha value is -2.81. The number of urea groups is 1. The van der Waals surface area contributed by atoms with Crippen molar-refractivity contribution in [1.82, 2.24) is 24.8 Å². The maximum Gasteiger partial charge on any atom is 0.317 e. The Bertz CT molecular complexity index is 1180. The zero-order valence-corrected chi connectivity index (χ0v) is 22.1. The second-order valence-electron chi connectivity index (χ2n) is 10.9. The van der Waals surface area contributed by atoms with Gasteiger partial charge in [0.1, 0.15) is 5.69 Å². The number of anilines is 2. The minimum Gasteiger partial charge on any atom is -0.364 e. The Labute approximate surface area is 211 Å². The van der Waals surface area contributed by atoms with E-state index in [2.05, 4.69) is 67.5 Å². The maximum atomic E-state index is 12.7. The molecule has 8 nitrogen and oxygen atoms in total. The number of nitrogens with zero attached hydrogens (tertiary/aromatic N) is 5. The summed E-state index contributed by atoms with van der Waals surface area (Å²) in [6.07, 6.45) is 5.96. The number of rotatable bonds is 4. The van der Waals surface area contributed by atoms with Crippen molar-refractivity contribution < 1.29 is 4.79 Å². The van der Waals surface area contributed by atoms with Gasteiger partial charge >= 0.3 is 6.03 Å². The number of hydrogen-bond acceptors (Lipinski definition) is 6. The summed E-state index contributed by atoms with van der Waals surface area (Å²) in [6.45, 7) is 11.5. The molecule has 3 aromatic rings. The summed E-state index contributed by atoms with van der Waals surface area (Å²) >= 11 is 1.61. The first kappa shape index (κ1) is 23.9. The Morgan fingerprint density at radius 2 is 1.83 bits per heavy atom. The summed E-state index contributed by atoms with van der Waals surface area (Å²) in [4.78, 5) is 22.8. The fraction of sp³-hybridized carbons (Fsp3) is 0.577.